The molecule has 2 aliphatic rings. The number of nitrogens with zero attached hydrogens (tertiary/aromatic N) is 3. The highest BCUT2D eigenvalue weighted by atomic mass is 35.5. The number of nitro benzene ring substituents is 1. The third kappa shape index (κ3) is 3.94. The van der Waals surface area contributed by atoms with Crippen molar-refractivity contribution in [3.05, 3.63) is 88.0 Å². The molecule has 1 fully saturated rings. The minimum atomic E-state index is -1.13. The van der Waals surface area contributed by atoms with Crippen LogP contribution in [0.1, 0.15) is 11.1 Å². The van der Waals surface area contributed by atoms with Crippen LogP contribution in [-0.4, -0.2) is 51.8 Å². The quantitative estimate of drug-likeness (QED) is 0.151. The molecular formula is C22H18ClN3O6. The predicted octanol–water partition coefficient (Wildman–Crippen LogP) is 2.82. The lowest BCUT2D eigenvalue weighted by Crippen LogP contribution is -2.68. The Morgan fingerprint density at radius 1 is 1.25 bits per heavy atom. The Morgan fingerprint density at radius 3 is 2.56 bits per heavy atom. The summed E-state index contributed by atoms with van der Waals surface area (Å²) in [5.41, 5.74) is 1.49. The summed E-state index contributed by atoms with van der Waals surface area (Å²) in [6, 6.07) is 12.9. The number of carbonyl (C=O) groups excluding carboxylic acids is 2. The highest BCUT2D eigenvalue weighted by Crippen LogP contribution is 2.35. The van der Waals surface area contributed by atoms with Crippen molar-refractivity contribution in [2.45, 2.75) is 24.9 Å². The summed E-state index contributed by atoms with van der Waals surface area (Å²) in [4.78, 5) is 41.4. The van der Waals surface area contributed by atoms with E-state index in [0.717, 1.165) is 5.56 Å². The Morgan fingerprint density at radius 2 is 1.94 bits per heavy atom. The lowest BCUT2D eigenvalue weighted by molar-refractivity contribution is -0.384. The molecule has 2 heterocycles. The van der Waals surface area contributed by atoms with Gasteiger partial charge in [0.25, 0.3) is 11.6 Å². The lowest BCUT2D eigenvalue weighted by atomic mass is 9.98. The van der Waals surface area contributed by atoms with Crippen LogP contribution in [0.2, 0.25) is 0 Å². The molecular weight excluding hydrogens is 438 g/mol. The van der Waals surface area contributed by atoms with Gasteiger partial charge in [-0.15, -0.1) is 11.6 Å². The Kier molecular flexibility index (Phi) is 5.91. The smallest absolute Gasteiger partial charge is 0.333 e. The molecule has 4 rings (SSSR count). The first-order valence-electron chi connectivity index (χ1n) is 9.66. The molecule has 10 heteroatoms. The van der Waals surface area contributed by atoms with E-state index in [0.29, 0.717) is 11.5 Å². The van der Waals surface area contributed by atoms with Crippen LogP contribution in [-0.2, 0) is 25.7 Å². The van der Waals surface area contributed by atoms with Crippen LogP contribution in [0.25, 0.3) is 0 Å². The summed E-state index contributed by atoms with van der Waals surface area (Å²) in [6.45, 7) is 3.68. The molecule has 0 aliphatic carbocycles. The number of aliphatic imine (C=N–C) groups is 1. The van der Waals surface area contributed by atoms with E-state index >= 15 is 0 Å². The standard InChI is InChI=1S/C22H18ClN3O6/c1-13(11-23)18(22(28)31-12-14-7-9-16(10-8-14)26(29)30)25-20(27)17-21(25)32-19(24-17)15-5-3-2-4-6-15/h2-10,17-18,21H,1,11-12H2/t17-,18+,21-/m0/s1. The van der Waals surface area contributed by atoms with Crippen LogP contribution in [0, 0.1) is 10.1 Å². The molecule has 0 N–H and O–H groups in total. The molecule has 1 saturated heterocycles. The number of amides is 1. The van der Waals surface area contributed by atoms with Crippen LogP contribution < -0.4 is 0 Å². The number of rotatable bonds is 8. The molecule has 2 aromatic carbocycles. The van der Waals surface area contributed by atoms with Crippen molar-refractivity contribution in [1.29, 1.82) is 0 Å². The second-order valence-electron chi connectivity index (χ2n) is 7.22. The number of hydrogen-bond acceptors (Lipinski definition) is 7. The van der Waals surface area contributed by atoms with Crippen LogP contribution >= 0.6 is 11.6 Å². The van der Waals surface area contributed by atoms with Crippen molar-refractivity contribution in [3.8, 4) is 0 Å². The topological polar surface area (TPSA) is 111 Å². The fourth-order valence-corrected chi connectivity index (χ4v) is 3.62. The second kappa shape index (κ2) is 8.80. The molecule has 9 nitrogen and oxygen atoms in total. The normalized spacial score (nSPS) is 19.8. The molecule has 32 heavy (non-hydrogen) atoms. The molecule has 0 aromatic heterocycles. The number of likely N-dealkylation sites (tertiary alicyclic amines) is 1. The van der Waals surface area contributed by atoms with Crippen molar-refractivity contribution >= 4 is 35.1 Å². The fourth-order valence-electron chi connectivity index (χ4n) is 3.48. The van der Waals surface area contributed by atoms with Gasteiger partial charge in [-0.25, -0.2) is 9.79 Å². The van der Waals surface area contributed by atoms with E-state index < -0.39 is 29.2 Å². The van der Waals surface area contributed by atoms with Gasteiger partial charge in [0.05, 0.1) is 4.92 Å². The van der Waals surface area contributed by atoms with E-state index in [-0.39, 0.29) is 29.7 Å². The summed E-state index contributed by atoms with van der Waals surface area (Å²) < 4.78 is 11.2. The number of hydrogen-bond donors (Lipinski definition) is 0. The summed E-state index contributed by atoms with van der Waals surface area (Å²) in [6.07, 6.45) is -0.755. The van der Waals surface area contributed by atoms with Crippen LogP contribution in [0.4, 0.5) is 5.69 Å². The molecule has 164 valence electrons. The number of non-ortho nitro benzene ring substituents is 1. The first kappa shape index (κ1) is 21.5. The number of ether oxygens (including phenoxy) is 2. The maximum absolute atomic E-state index is 12.9. The zero-order chi connectivity index (χ0) is 22.8. The van der Waals surface area contributed by atoms with Crippen LogP contribution in [0.5, 0.6) is 0 Å². The van der Waals surface area contributed by atoms with Gasteiger partial charge in [-0.2, -0.15) is 0 Å². The lowest BCUT2D eigenvalue weighted by Gasteiger charge is -2.44. The molecule has 0 radical (unpaired) electrons. The maximum Gasteiger partial charge on any atom is 0.333 e. The number of fused-ring (bicyclic) bond motifs is 1. The Hall–Kier alpha value is -3.72. The maximum atomic E-state index is 12.9. The largest absolute Gasteiger partial charge is 0.459 e. The summed E-state index contributed by atoms with van der Waals surface area (Å²) in [5.74, 6) is -0.849. The molecule has 2 aliphatic heterocycles. The summed E-state index contributed by atoms with van der Waals surface area (Å²) >= 11 is 5.92. The minimum Gasteiger partial charge on any atom is -0.459 e. The number of β-lactam (4-membered cyclic amide) rings is 1. The first-order chi connectivity index (χ1) is 15.4. The Balaban J connectivity index is 1.46. The van der Waals surface area contributed by atoms with E-state index in [9.17, 15) is 19.7 Å². The van der Waals surface area contributed by atoms with Crippen molar-refractivity contribution in [2.24, 2.45) is 4.99 Å². The van der Waals surface area contributed by atoms with E-state index in [1.165, 1.54) is 29.2 Å². The molecule has 0 spiro atoms. The number of nitro groups is 1. The third-order valence-electron chi connectivity index (χ3n) is 5.15. The van der Waals surface area contributed by atoms with E-state index in [1.807, 2.05) is 30.3 Å². The minimum absolute atomic E-state index is 0.0646. The van der Waals surface area contributed by atoms with Crippen molar-refractivity contribution in [3.63, 3.8) is 0 Å². The molecule has 0 unspecified atom stereocenters. The van der Waals surface area contributed by atoms with E-state index in [4.69, 9.17) is 21.1 Å². The highest BCUT2D eigenvalue weighted by molar-refractivity contribution is 6.20. The predicted molar refractivity (Wildman–Crippen MR) is 115 cm³/mol. The Labute approximate surface area is 188 Å². The molecule has 0 saturated carbocycles. The fraction of sp³-hybridized carbons (Fsp3) is 0.227. The van der Waals surface area contributed by atoms with Gasteiger partial charge in [0.2, 0.25) is 12.1 Å². The van der Waals surface area contributed by atoms with Crippen molar-refractivity contribution < 1.29 is 24.0 Å². The van der Waals surface area contributed by atoms with Gasteiger partial charge in [-0.1, -0.05) is 24.8 Å². The third-order valence-corrected chi connectivity index (χ3v) is 5.49. The van der Waals surface area contributed by atoms with E-state index in [2.05, 4.69) is 11.6 Å². The van der Waals surface area contributed by atoms with Crippen molar-refractivity contribution in [2.75, 3.05) is 5.88 Å². The Bertz CT molecular complexity index is 1100. The average Bonchev–Trinajstić information content (AvgIpc) is 3.21. The van der Waals surface area contributed by atoms with Crippen LogP contribution in [0.3, 0.4) is 0 Å². The molecule has 2 aromatic rings. The van der Waals surface area contributed by atoms with E-state index in [1.54, 1.807) is 0 Å². The number of esters is 1. The number of carbonyl (C=O) groups is 2. The van der Waals surface area contributed by atoms with Gasteiger partial charge in [0.1, 0.15) is 6.61 Å². The van der Waals surface area contributed by atoms with Crippen LogP contribution in [0.15, 0.2) is 71.7 Å². The molecule has 3 atom stereocenters. The highest BCUT2D eigenvalue weighted by Gasteiger charge is 2.58. The summed E-state index contributed by atoms with van der Waals surface area (Å²) in [7, 11) is 0. The molecule has 0 bridgehead atoms. The SMILES string of the molecule is C=C(CCl)[C@H](C(=O)OCc1ccc([N+](=O)[O-])cc1)N1C(=O)[C@@H]2N=C(c3ccccc3)O[C@@H]21. The zero-order valence-corrected chi connectivity index (χ0v) is 17.5. The molecule has 1 amide bonds. The number of halogens is 1. The summed E-state index contributed by atoms with van der Waals surface area (Å²) in [5, 5.41) is 10.8. The van der Waals surface area contributed by atoms with Gasteiger partial charge in [0, 0.05) is 23.6 Å². The first-order valence-corrected chi connectivity index (χ1v) is 10.2. The monoisotopic (exact) mass is 455 g/mol. The van der Waals surface area contributed by atoms with Crippen molar-refractivity contribution in [1.82, 2.24) is 4.90 Å². The van der Waals surface area contributed by atoms with Gasteiger partial charge < -0.3 is 9.47 Å². The van der Waals surface area contributed by atoms with Gasteiger partial charge >= 0.3 is 5.97 Å². The number of alkyl halides is 1. The van der Waals surface area contributed by atoms with Gasteiger partial charge in [-0.3, -0.25) is 19.8 Å². The van der Waals surface area contributed by atoms with Gasteiger partial charge in [-0.05, 0) is 35.4 Å². The number of benzene rings is 2. The second-order valence-corrected chi connectivity index (χ2v) is 7.49. The average molecular weight is 456 g/mol. The zero-order valence-electron chi connectivity index (χ0n) is 16.7. The van der Waals surface area contributed by atoms with Gasteiger partial charge in [0.15, 0.2) is 12.1 Å².